The smallest absolute Gasteiger partial charge is 0.316 e. The van der Waals surface area contributed by atoms with E-state index in [1.807, 2.05) is 38.1 Å². The summed E-state index contributed by atoms with van der Waals surface area (Å²) in [5, 5.41) is 3.99. The lowest BCUT2D eigenvalue weighted by Crippen LogP contribution is -2.33. The molecule has 0 aliphatic rings. The van der Waals surface area contributed by atoms with Crippen molar-refractivity contribution in [3.05, 3.63) is 60.5 Å². The summed E-state index contributed by atoms with van der Waals surface area (Å²) in [6.45, 7) is 7.70. The Hall–Kier alpha value is -3.62. The van der Waals surface area contributed by atoms with Gasteiger partial charge in [0.15, 0.2) is 5.82 Å². The number of ether oxygens (including phenoxy) is 1. The lowest BCUT2D eigenvalue weighted by Gasteiger charge is -2.24. The number of carbonyl (C=O) groups is 1. The van der Waals surface area contributed by atoms with E-state index < -0.39 is 6.67 Å². The number of methoxy groups -OCH3 is 1. The van der Waals surface area contributed by atoms with Gasteiger partial charge in [-0.1, -0.05) is 44.1 Å². The molecule has 1 amide bonds. The van der Waals surface area contributed by atoms with Gasteiger partial charge in [-0.05, 0) is 30.5 Å². The molecule has 8 nitrogen and oxygen atoms in total. The first kappa shape index (κ1) is 26.0. The zero-order chi connectivity index (χ0) is 25.2. The normalized spacial score (nSPS) is 11.0. The number of hydrogen-bond donors (Lipinski definition) is 0. The fourth-order valence-corrected chi connectivity index (χ4v) is 3.51. The molecule has 35 heavy (non-hydrogen) atoms. The van der Waals surface area contributed by atoms with Gasteiger partial charge in [-0.15, -0.1) is 0 Å². The van der Waals surface area contributed by atoms with Crippen LogP contribution in [0.25, 0.3) is 11.1 Å². The predicted octanol–water partition coefficient (Wildman–Crippen LogP) is 5.32. The number of unbranched alkanes of at least 4 members (excludes halogenated alkanes) is 2. The maximum Gasteiger partial charge on any atom is 0.316 e. The van der Waals surface area contributed by atoms with Crippen LogP contribution in [0.1, 0.15) is 57.2 Å². The number of amides is 1. The number of alkyl halides is 1. The van der Waals surface area contributed by atoms with Gasteiger partial charge in [0.2, 0.25) is 5.89 Å². The van der Waals surface area contributed by atoms with E-state index in [2.05, 4.69) is 26.7 Å². The number of benzene rings is 1. The highest BCUT2D eigenvalue weighted by Crippen LogP contribution is 2.26. The van der Waals surface area contributed by atoms with Gasteiger partial charge in [0.1, 0.15) is 0 Å². The van der Waals surface area contributed by atoms with Crippen molar-refractivity contribution in [3.63, 3.8) is 0 Å². The zero-order valence-electron chi connectivity index (χ0n) is 20.5. The molecule has 0 fully saturated rings. The summed E-state index contributed by atoms with van der Waals surface area (Å²) in [6.07, 6.45) is 6.52. The Morgan fingerprint density at radius 1 is 1.17 bits per heavy atom. The number of aromatic nitrogens is 4. The molecule has 0 unspecified atom stereocenters. The molecular formula is C26H32FN5O3. The maximum absolute atomic E-state index is 13.1. The Balaban J connectivity index is 1.68. The maximum atomic E-state index is 13.1. The number of nitrogens with zero attached hydrogens (tertiary/aromatic N) is 5. The van der Waals surface area contributed by atoms with Gasteiger partial charge in [0.05, 0.1) is 13.8 Å². The Kier molecular flexibility index (Phi) is 9.46. The van der Waals surface area contributed by atoms with E-state index in [1.165, 1.54) is 7.11 Å². The van der Waals surface area contributed by atoms with E-state index >= 15 is 0 Å². The van der Waals surface area contributed by atoms with Crippen LogP contribution in [-0.2, 0) is 11.2 Å². The van der Waals surface area contributed by atoms with Crippen LogP contribution >= 0.6 is 0 Å². The number of anilines is 1. The second-order valence-electron chi connectivity index (χ2n) is 8.52. The molecule has 0 N–H and O–H groups in total. The number of halogens is 1. The highest BCUT2D eigenvalue weighted by molar-refractivity contribution is 6.05. The minimum Gasteiger partial charge on any atom is -0.467 e. The first-order valence-electron chi connectivity index (χ1n) is 11.8. The van der Waals surface area contributed by atoms with Crippen LogP contribution in [-0.4, -0.2) is 46.3 Å². The van der Waals surface area contributed by atoms with Crippen LogP contribution in [0.15, 0.2) is 53.3 Å². The fourth-order valence-electron chi connectivity index (χ4n) is 3.51. The van der Waals surface area contributed by atoms with Crippen molar-refractivity contribution in [2.24, 2.45) is 0 Å². The topological polar surface area (TPSA) is 94.2 Å². The molecule has 3 rings (SSSR count). The van der Waals surface area contributed by atoms with Gasteiger partial charge >= 0.3 is 6.01 Å². The molecule has 0 aliphatic carbocycles. The van der Waals surface area contributed by atoms with Crippen LogP contribution in [0.4, 0.5) is 10.1 Å². The monoisotopic (exact) mass is 481 g/mol. The number of carbonyl (C=O) groups excluding carboxylic acids is 1. The van der Waals surface area contributed by atoms with E-state index in [-0.39, 0.29) is 29.8 Å². The Bertz CT molecular complexity index is 1110. The summed E-state index contributed by atoms with van der Waals surface area (Å²) in [5.74, 6) is 1.30. The molecule has 186 valence electrons. The average Bonchev–Trinajstić information content (AvgIpc) is 3.35. The van der Waals surface area contributed by atoms with E-state index in [1.54, 1.807) is 17.3 Å². The molecule has 0 atom stereocenters. The van der Waals surface area contributed by atoms with Crippen LogP contribution in [0, 0.1) is 0 Å². The molecule has 0 bridgehead atoms. The van der Waals surface area contributed by atoms with Crippen molar-refractivity contribution in [3.8, 4) is 17.1 Å². The highest BCUT2D eigenvalue weighted by atomic mass is 19.1. The van der Waals surface area contributed by atoms with Crippen molar-refractivity contribution in [2.45, 2.75) is 51.9 Å². The van der Waals surface area contributed by atoms with E-state index in [9.17, 15) is 9.18 Å². The summed E-state index contributed by atoms with van der Waals surface area (Å²) < 4.78 is 23.2. The first-order valence-corrected chi connectivity index (χ1v) is 11.8. The third-order valence-corrected chi connectivity index (χ3v) is 5.52. The van der Waals surface area contributed by atoms with Crippen LogP contribution in [0.2, 0.25) is 0 Å². The standard InChI is InChI=1S/C26H32FN5O3/c1-18(2)24-30-23(35-31-24)11-6-5-7-14-32(25(33)19(3)12-13-27)22-10-8-9-20(15-22)21-16-28-26(34-4)29-17-21/h8-10,15-18H,3,5-7,11-14H2,1-2,4H3. The average molecular weight is 482 g/mol. The third kappa shape index (κ3) is 7.18. The van der Waals surface area contributed by atoms with Gasteiger partial charge in [-0.25, -0.2) is 9.97 Å². The largest absolute Gasteiger partial charge is 0.467 e. The molecular weight excluding hydrogens is 449 g/mol. The van der Waals surface area contributed by atoms with Crippen molar-refractivity contribution < 1.29 is 18.4 Å². The summed E-state index contributed by atoms with van der Waals surface area (Å²) in [6, 6.07) is 7.83. The van der Waals surface area contributed by atoms with Gasteiger partial charge in [-0.2, -0.15) is 4.98 Å². The van der Waals surface area contributed by atoms with Crippen LogP contribution in [0.3, 0.4) is 0 Å². The van der Waals surface area contributed by atoms with E-state index in [0.29, 0.717) is 30.4 Å². The van der Waals surface area contributed by atoms with Gasteiger partial charge in [0, 0.05) is 54.5 Å². The third-order valence-electron chi connectivity index (χ3n) is 5.52. The van der Waals surface area contributed by atoms with Crippen molar-refractivity contribution in [1.82, 2.24) is 20.1 Å². The van der Waals surface area contributed by atoms with Crippen LogP contribution < -0.4 is 9.64 Å². The number of hydrogen-bond acceptors (Lipinski definition) is 7. The molecule has 0 saturated carbocycles. The summed E-state index contributed by atoms with van der Waals surface area (Å²) in [5.41, 5.74) is 2.61. The SMILES string of the molecule is C=C(CCF)C(=O)N(CCCCCc1nc(C(C)C)no1)c1cccc(-c2cnc(OC)nc2)c1. The zero-order valence-corrected chi connectivity index (χ0v) is 20.5. The minimum atomic E-state index is -0.621. The van der Waals surface area contributed by atoms with Crippen molar-refractivity contribution in [2.75, 3.05) is 25.2 Å². The molecule has 9 heteroatoms. The Labute approximate surface area is 205 Å². The van der Waals surface area contributed by atoms with Gasteiger partial charge < -0.3 is 14.2 Å². The Morgan fingerprint density at radius 3 is 2.60 bits per heavy atom. The summed E-state index contributed by atoms with van der Waals surface area (Å²) in [4.78, 5) is 27.5. The van der Waals surface area contributed by atoms with Crippen LogP contribution in [0.5, 0.6) is 6.01 Å². The predicted molar refractivity (Wildman–Crippen MR) is 132 cm³/mol. The molecule has 0 aliphatic heterocycles. The Morgan fingerprint density at radius 2 is 1.94 bits per heavy atom. The van der Waals surface area contributed by atoms with Crippen molar-refractivity contribution >= 4 is 11.6 Å². The second kappa shape index (κ2) is 12.7. The molecule has 0 spiro atoms. The van der Waals surface area contributed by atoms with Gasteiger partial charge in [-0.3, -0.25) is 9.18 Å². The lowest BCUT2D eigenvalue weighted by atomic mass is 10.1. The van der Waals surface area contributed by atoms with Gasteiger partial charge in [0.25, 0.3) is 5.91 Å². The highest BCUT2D eigenvalue weighted by Gasteiger charge is 2.19. The molecule has 2 heterocycles. The summed E-state index contributed by atoms with van der Waals surface area (Å²) >= 11 is 0. The summed E-state index contributed by atoms with van der Waals surface area (Å²) in [7, 11) is 1.51. The van der Waals surface area contributed by atoms with Crippen molar-refractivity contribution in [1.29, 1.82) is 0 Å². The van der Waals surface area contributed by atoms with E-state index in [4.69, 9.17) is 9.26 Å². The quantitative estimate of drug-likeness (QED) is 0.241. The fraction of sp³-hybridized carbons (Fsp3) is 0.423. The molecule has 1 aromatic carbocycles. The second-order valence-corrected chi connectivity index (χ2v) is 8.52. The molecule has 2 aromatic heterocycles. The molecule has 3 aromatic rings. The first-order chi connectivity index (χ1) is 16.9. The van der Waals surface area contributed by atoms with E-state index in [0.717, 1.165) is 30.4 Å². The molecule has 0 radical (unpaired) electrons. The molecule has 0 saturated heterocycles. The minimum absolute atomic E-state index is 0.0106. The number of rotatable bonds is 13. The lowest BCUT2D eigenvalue weighted by molar-refractivity contribution is -0.115. The number of aryl methyl sites for hydroxylation is 1.